The molecule has 0 unspecified atom stereocenters. The molecular weight excluding hydrogens is 400 g/mol. The molecular formula is C21H22N6O4. The molecule has 2 aliphatic heterocycles. The van der Waals surface area contributed by atoms with Crippen LogP contribution in [-0.2, 0) is 11.5 Å². The fourth-order valence-electron chi connectivity index (χ4n) is 3.84. The van der Waals surface area contributed by atoms with Crippen molar-refractivity contribution in [1.82, 2.24) is 24.7 Å². The van der Waals surface area contributed by atoms with Gasteiger partial charge in [-0.3, -0.25) is 9.69 Å². The molecule has 0 saturated carbocycles. The van der Waals surface area contributed by atoms with Gasteiger partial charge < -0.3 is 14.8 Å². The summed E-state index contributed by atoms with van der Waals surface area (Å²) in [6, 6.07) is 14.6. The van der Waals surface area contributed by atoms with E-state index in [4.69, 9.17) is 9.47 Å². The van der Waals surface area contributed by atoms with E-state index in [2.05, 4.69) is 20.6 Å². The zero-order valence-corrected chi connectivity index (χ0v) is 16.8. The van der Waals surface area contributed by atoms with Crippen LogP contribution in [0.2, 0.25) is 0 Å². The van der Waals surface area contributed by atoms with Crippen molar-refractivity contribution in [3.05, 3.63) is 59.0 Å². The van der Waals surface area contributed by atoms with Crippen LogP contribution in [0.25, 0.3) is 5.69 Å². The first-order valence-corrected chi connectivity index (χ1v) is 10.2. The Morgan fingerprint density at radius 2 is 1.81 bits per heavy atom. The number of fused-ring (bicyclic) bond motifs is 1. The minimum Gasteiger partial charge on any atom is -0.454 e. The van der Waals surface area contributed by atoms with Crippen molar-refractivity contribution < 1.29 is 14.3 Å². The first-order chi connectivity index (χ1) is 15.2. The number of anilines is 1. The average molecular weight is 422 g/mol. The fourth-order valence-corrected chi connectivity index (χ4v) is 3.84. The molecule has 0 spiro atoms. The fraction of sp³-hybridized carbons (Fsp3) is 0.333. The smallest absolute Gasteiger partial charge is 0.369 e. The number of aromatic nitrogens is 4. The van der Waals surface area contributed by atoms with E-state index in [1.54, 1.807) is 12.1 Å². The molecule has 1 amide bonds. The Kier molecular flexibility index (Phi) is 5.13. The normalized spacial score (nSPS) is 16.4. The van der Waals surface area contributed by atoms with Crippen LogP contribution in [0.5, 0.6) is 11.5 Å². The van der Waals surface area contributed by atoms with Gasteiger partial charge in [0.25, 0.3) is 0 Å². The van der Waals surface area contributed by atoms with Crippen molar-refractivity contribution in [3.8, 4) is 17.2 Å². The van der Waals surface area contributed by atoms with Gasteiger partial charge in [0.15, 0.2) is 11.5 Å². The summed E-state index contributed by atoms with van der Waals surface area (Å²) in [6.07, 6.45) is 1.41. The summed E-state index contributed by atoms with van der Waals surface area (Å²) < 4.78 is 13.3. The summed E-state index contributed by atoms with van der Waals surface area (Å²) >= 11 is 0. The van der Waals surface area contributed by atoms with E-state index < -0.39 is 0 Å². The Bertz CT molecular complexity index is 1130. The van der Waals surface area contributed by atoms with Crippen LogP contribution in [0.3, 0.4) is 0 Å². The topological polar surface area (TPSA) is 104 Å². The number of hydrogen-bond donors (Lipinski definition) is 1. The van der Waals surface area contributed by atoms with E-state index in [1.165, 1.54) is 9.36 Å². The van der Waals surface area contributed by atoms with Crippen LogP contribution in [0.15, 0.2) is 53.3 Å². The Morgan fingerprint density at radius 1 is 1.03 bits per heavy atom. The van der Waals surface area contributed by atoms with Gasteiger partial charge in [0, 0.05) is 30.8 Å². The molecule has 0 atom stereocenters. The zero-order chi connectivity index (χ0) is 21.2. The summed E-state index contributed by atoms with van der Waals surface area (Å²) in [5.41, 5.74) is 1.09. The summed E-state index contributed by atoms with van der Waals surface area (Å²) in [5, 5.41) is 10.9. The molecule has 0 aliphatic carbocycles. The van der Waals surface area contributed by atoms with Gasteiger partial charge in [0.05, 0.1) is 5.69 Å². The number of para-hydroxylation sites is 1. The maximum absolute atomic E-state index is 12.7. The predicted octanol–water partition coefficient (Wildman–Crippen LogP) is 1.47. The van der Waals surface area contributed by atoms with E-state index >= 15 is 0 Å². The van der Waals surface area contributed by atoms with Crippen LogP contribution in [0.1, 0.15) is 12.8 Å². The lowest BCUT2D eigenvalue weighted by Gasteiger charge is -2.30. The van der Waals surface area contributed by atoms with Crippen molar-refractivity contribution in [2.45, 2.75) is 19.5 Å². The molecule has 3 heterocycles. The second kappa shape index (κ2) is 8.23. The molecule has 1 N–H and O–H groups in total. The van der Waals surface area contributed by atoms with Gasteiger partial charge in [0.2, 0.25) is 12.7 Å². The highest BCUT2D eigenvalue weighted by atomic mass is 16.7. The Labute approximate surface area is 178 Å². The highest BCUT2D eigenvalue weighted by Gasteiger charge is 2.26. The summed E-state index contributed by atoms with van der Waals surface area (Å²) in [6.45, 7) is 1.95. The van der Waals surface area contributed by atoms with E-state index in [1.807, 2.05) is 36.4 Å². The van der Waals surface area contributed by atoms with Gasteiger partial charge in [-0.25, -0.2) is 4.79 Å². The second-order valence-electron chi connectivity index (χ2n) is 7.60. The maximum atomic E-state index is 12.7. The number of carbonyl (C=O) groups is 1. The van der Waals surface area contributed by atoms with E-state index in [-0.39, 0.29) is 24.3 Å². The molecule has 5 rings (SSSR count). The molecule has 0 bridgehead atoms. The van der Waals surface area contributed by atoms with E-state index in [0.29, 0.717) is 55.5 Å². The van der Waals surface area contributed by atoms with Crippen molar-refractivity contribution in [2.24, 2.45) is 5.92 Å². The second-order valence-corrected chi connectivity index (χ2v) is 7.60. The lowest BCUT2D eigenvalue weighted by molar-refractivity contribution is -0.121. The number of tetrazole rings is 1. The highest BCUT2D eigenvalue weighted by Crippen LogP contribution is 2.34. The van der Waals surface area contributed by atoms with Crippen LogP contribution in [-0.4, -0.2) is 50.5 Å². The molecule has 2 aromatic carbocycles. The number of ether oxygens (including phenoxy) is 2. The van der Waals surface area contributed by atoms with Crippen molar-refractivity contribution >= 4 is 11.6 Å². The zero-order valence-electron chi connectivity index (χ0n) is 16.8. The lowest BCUT2D eigenvalue weighted by atomic mass is 9.96. The van der Waals surface area contributed by atoms with Gasteiger partial charge in [-0.2, -0.15) is 9.36 Å². The highest BCUT2D eigenvalue weighted by molar-refractivity contribution is 5.93. The largest absolute Gasteiger partial charge is 0.454 e. The summed E-state index contributed by atoms with van der Waals surface area (Å²) in [5.74, 6) is 1.23. The van der Waals surface area contributed by atoms with Gasteiger partial charge in [-0.15, -0.1) is 0 Å². The van der Waals surface area contributed by atoms with Crippen LogP contribution < -0.4 is 20.5 Å². The van der Waals surface area contributed by atoms with Crippen molar-refractivity contribution in [3.63, 3.8) is 0 Å². The molecule has 0 radical (unpaired) electrons. The molecule has 10 heteroatoms. The average Bonchev–Trinajstić information content (AvgIpc) is 3.41. The Morgan fingerprint density at radius 3 is 2.61 bits per heavy atom. The van der Waals surface area contributed by atoms with Crippen molar-refractivity contribution in [2.75, 3.05) is 25.2 Å². The number of likely N-dealkylation sites (tertiary alicyclic amines) is 1. The number of rotatable bonds is 5. The van der Waals surface area contributed by atoms with Crippen molar-refractivity contribution in [1.29, 1.82) is 0 Å². The minimum absolute atomic E-state index is 0.00861. The molecule has 31 heavy (non-hydrogen) atoms. The number of benzene rings is 2. The molecule has 1 aromatic heterocycles. The Balaban J connectivity index is 1.16. The summed E-state index contributed by atoms with van der Waals surface area (Å²) in [7, 11) is 0. The molecule has 1 fully saturated rings. The molecule has 3 aromatic rings. The van der Waals surface area contributed by atoms with Gasteiger partial charge in [0.1, 0.15) is 6.67 Å². The maximum Gasteiger partial charge on any atom is 0.369 e. The minimum atomic E-state index is -0.283. The van der Waals surface area contributed by atoms with Gasteiger partial charge in [-0.05, 0) is 47.5 Å². The first kappa shape index (κ1) is 19.3. The summed E-state index contributed by atoms with van der Waals surface area (Å²) in [4.78, 5) is 27.4. The molecule has 10 nitrogen and oxygen atoms in total. The Hall–Kier alpha value is -3.66. The third kappa shape index (κ3) is 4.02. The quantitative estimate of drug-likeness (QED) is 0.664. The number of carbonyl (C=O) groups excluding carboxylic acids is 1. The molecule has 1 saturated heterocycles. The van der Waals surface area contributed by atoms with Crippen LogP contribution in [0.4, 0.5) is 5.69 Å². The number of piperidine rings is 1. The lowest BCUT2D eigenvalue weighted by Crippen LogP contribution is -2.41. The van der Waals surface area contributed by atoms with Crippen LogP contribution in [0, 0.1) is 5.92 Å². The molecule has 2 aliphatic rings. The third-order valence-electron chi connectivity index (χ3n) is 5.57. The third-order valence-corrected chi connectivity index (χ3v) is 5.57. The molecule has 160 valence electrons. The van der Waals surface area contributed by atoms with Crippen LogP contribution >= 0.6 is 0 Å². The SMILES string of the molecule is O=C(Nc1ccc2c(c1)OCO2)C1CCN(Cn2nnn(-c3ccccc3)c2=O)CC1. The van der Waals surface area contributed by atoms with Gasteiger partial charge >= 0.3 is 5.69 Å². The van der Waals surface area contributed by atoms with E-state index in [9.17, 15) is 9.59 Å². The predicted molar refractivity (Wildman–Crippen MR) is 111 cm³/mol. The number of amides is 1. The van der Waals surface area contributed by atoms with Gasteiger partial charge in [-0.1, -0.05) is 18.2 Å². The first-order valence-electron chi connectivity index (χ1n) is 10.2. The standard InChI is InChI=1S/C21H22N6O4/c28-20(22-16-6-7-18-19(12-16)31-14-30-18)15-8-10-25(11-9-15)13-26-21(29)27(24-23-26)17-4-2-1-3-5-17/h1-7,12,15H,8-11,13-14H2,(H,22,28). The van der Waals surface area contributed by atoms with E-state index in [0.717, 1.165) is 0 Å². The monoisotopic (exact) mass is 422 g/mol. The number of nitrogens with zero attached hydrogens (tertiary/aromatic N) is 5. The number of hydrogen-bond acceptors (Lipinski definition) is 7. The number of nitrogens with one attached hydrogen (secondary N) is 1.